The van der Waals surface area contributed by atoms with E-state index in [1.54, 1.807) is 23.2 Å². The van der Waals surface area contributed by atoms with Gasteiger partial charge in [0.05, 0.1) is 0 Å². The SMILES string of the molecule is CC(C)CCn1nc2c3c1CCC(C3)NC(=O)CCCN(C(=O)c1ccc[nH]1)CCCNC2=O. The van der Waals surface area contributed by atoms with Crippen LogP contribution >= 0.6 is 0 Å². The predicted molar refractivity (Wildman–Crippen MR) is 129 cm³/mol. The molecule has 1 atom stereocenters. The van der Waals surface area contributed by atoms with Gasteiger partial charge < -0.3 is 20.5 Å². The second-order valence-electron chi connectivity index (χ2n) is 9.78. The minimum Gasteiger partial charge on any atom is -0.357 e. The first-order chi connectivity index (χ1) is 16.4. The van der Waals surface area contributed by atoms with Crippen molar-refractivity contribution >= 4 is 17.7 Å². The molecule has 0 saturated carbocycles. The van der Waals surface area contributed by atoms with Gasteiger partial charge in [0.2, 0.25) is 5.91 Å². The Morgan fingerprint density at radius 1 is 1.21 bits per heavy atom. The minimum atomic E-state index is -0.177. The molecule has 0 fully saturated rings. The molecule has 1 unspecified atom stereocenters. The zero-order valence-electron chi connectivity index (χ0n) is 20.2. The summed E-state index contributed by atoms with van der Waals surface area (Å²) in [6.07, 6.45) is 6.59. The van der Waals surface area contributed by atoms with Crippen molar-refractivity contribution in [2.45, 2.75) is 71.4 Å². The number of fused-ring (bicyclic) bond motifs is 1. The molecule has 3 N–H and O–H groups in total. The molecule has 1 aliphatic carbocycles. The summed E-state index contributed by atoms with van der Waals surface area (Å²) in [5.74, 6) is 0.278. The van der Waals surface area contributed by atoms with Crippen LogP contribution in [0.25, 0.3) is 0 Å². The lowest BCUT2D eigenvalue weighted by Gasteiger charge is -2.25. The van der Waals surface area contributed by atoms with E-state index in [1.807, 2.05) is 4.68 Å². The van der Waals surface area contributed by atoms with Crippen LogP contribution in [0.2, 0.25) is 0 Å². The Labute approximate surface area is 200 Å². The van der Waals surface area contributed by atoms with E-state index in [2.05, 4.69) is 29.5 Å². The first-order valence-electron chi connectivity index (χ1n) is 12.5. The van der Waals surface area contributed by atoms with E-state index in [-0.39, 0.29) is 23.8 Å². The minimum absolute atomic E-state index is 0.00363. The molecule has 2 aliphatic rings. The zero-order valence-corrected chi connectivity index (χ0v) is 20.2. The van der Waals surface area contributed by atoms with Crippen LogP contribution in [0.1, 0.15) is 78.2 Å². The van der Waals surface area contributed by atoms with Crippen molar-refractivity contribution in [1.82, 2.24) is 30.3 Å². The summed E-state index contributed by atoms with van der Waals surface area (Å²) in [5.41, 5.74) is 3.10. The van der Waals surface area contributed by atoms with E-state index in [9.17, 15) is 14.4 Å². The number of hydrogen-bond donors (Lipinski definition) is 3. The molecule has 0 saturated heterocycles. The molecule has 184 valence electrons. The molecule has 3 heterocycles. The molecule has 4 rings (SSSR count). The van der Waals surface area contributed by atoms with Gasteiger partial charge in [0.15, 0.2) is 5.69 Å². The number of nitrogens with zero attached hydrogens (tertiary/aromatic N) is 3. The van der Waals surface area contributed by atoms with E-state index in [0.29, 0.717) is 62.6 Å². The summed E-state index contributed by atoms with van der Waals surface area (Å²) < 4.78 is 2.00. The number of carbonyl (C=O) groups is 3. The average molecular weight is 469 g/mol. The fraction of sp³-hybridized carbons (Fsp3) is 0.600. The van der Waals surface area contributed by atoms with E-state index in [1.165, 1.54) is 0 Å². The highest BCUT2D eigenvalue weighted by atomic mass is 16.2. The first kappa shape index (κ1) is 24.0. The first-order valence-corrected chi connectivity index (χ1v) is 12.5. The number of carbonyl (C=O) groups excluding carboxylic acids is 3. The highest BCUT2D eigenvalue weighted by molar-refractivity contribution is 5.94. The molecule has 0 aromatic carbocycles. The Hall–Kier alpha value is -3.10. The molecular weight excluding hydrogens is 432 g/mol. The van der Waals surface area contributed by atoms with Crippen molar-refractivity contribution in [3.05, 3.63) is 41.0 Å². The highest BCUT2D eigenvalue weighted by Gasteiger charge is 2.30. The molecule has 2 bridgehead atoms. The van der Waals surface area contributed by atoms with Gasteiger partial charge in [0, 0.05) is 56.1 Å². The second-order valence-corrected chi connectivity index (χ2v) is 9.78. The fourth-order valence-corrected chi connectivity index (χ4v) is 4.79. The third-order valence-corrected chi connectivity index (χ3v) is 6.68. The molecule has 3 amide bonds. The van der Waals surface area contributed by atoms with Crippen LogP contribution in [-0.4, -0.2) is 63.1 Å². The van der Waals surface area contributed by atoms with Gasteiger partial charge in [-0.1, -0.05) is 13.8 Å². The van der Waals surface area contributed by atoms with Crippen LogP contribution in [0.15, 0.2) is 18.3 Å². The van der Waals surface area contributed by atoms with Gasteiger partial charge in [0.1, 0.15) is 5.69 Å². The van der Waals surface area contributed by atoms with Crippen molar-refractivity contribution in [3.63, 3.8) is 0 Å². The molecule has 2 aromatic rings. The second kappa shape index (κ2) is 10.9. The molecule has 0 radical (unpaired) electrons. The van der Waals surface area contributed by atoms with E-state index in [0.717, 1.165) is 37.1 Å². The summed E-state index contributed by atoms with van der Waals surface area (Å²) in [6.45, 7) is 6.62. The van der Waals surface area contributed by atoms with E-state index in [4.69, 9.17) is 5.10 Å². The molecule has 34 heavy (non-hydrogen) atoms. The normalized spacial score (nSPS) is 19.9. The Kier molecular flexibility index (Phi) is 7.70. The number of nitrogens with one attached hydrogen (secondary N) is 3. The van der Waals surface area contributed by atoms with Crippen LogP contribution in [0.3, 0.4) is 0 Å². The summed E-state index contributed by atoms with van der Waals surface area (Å²) in [6, 6.07) is 3.54. The van der Waals surface area contributed by atoms with Gasteiger partial charge in [-0.25, -0.2) is 0 Å². The van der Waals surface area contributed by atoms with E-state index >= 15 is 0 Å². The quantitative estimate of drug-likeness (QED) is 0.639. The average Bonchev–Trinajstić information content (AvgIpc) is 3.46. The maximum absolute atomic E-state index is 13.1. The molecule has 2 aromatic heterocycles. The predicted octanol–water partition coefficient (Wildman–Crippen LogP) is 2.29. The van der Waals surface area contributed by atoms with Crippen LogP contribution in [0.5, 0.6) is 0 Å². The highest BCUT2D eigenvalue weighted by Crippen LogP contribution is 2.26. The maximum atomic E-state index is 13.1. The number of amides is 3. The van der Waals surface area contributed by atoms with E-state index < -0.39 is 0 Å². The zero-order chi connectivity index (χ0) is 24.1. The third kappa shape index (κ3) is 5.69. The summed E-state index contributed by atoms with van der Waals surface area (Å²) >= 11 is 0. The molecular formula is C25H36N6O3. The smallest absolute Gasteiger partial charge is 0.272 e. The standard InChI is InChI=1S/C25H36N6O3/c1-17(2)10-15-31-21-9-8-18-16-19(21)23(29-31)24(33)27-12-5-14-30(13-4-7-22(32)28-18)25(34)20-6-3-11-26-20/h3,6,11,17-18,26H,4-5,7-10,12-16H2,1-2H3,(H,27,33)(H,28,32). The number of rotatable bonds is 4. The van der Waals surface area contributed by atoms with Gasteiger partial charge in [0.25, 0.3) is 11.8 Å². The number of aryl methyl sites for hydroxylation is 1. The summed E-state index contributed by atoms with van der Waals surface area (Å²) in [4.78, 5) is 43.3. The molecule has 0 spiro atoms. The van der Waals surface area contributed by atoms with Crippen molar-refractivity contribution in [3.8, 4) is 0 Å². The third-order valence-electron chi connectivity index (χ3n) is 6.68. The lowest BCUT2D eigenvalue weighted by molar-refractivity contribution is -0.122. The van der Waals surface area contributed by atoms with Gasteiger partial charge in [-0.2, -0.15) is 5.10 Å². The van der Waals surface area contributed by atoms with Crippen molar-refractivity contribution < 1.29 is 14.4 Å². The number of hydrogen-bond acceptors (Lipinski definition) is 4. The largest absolute Gasteiger partial charge is 0.357 e. The molecule has 1 aliphatic heterocycles. The van der Waals surface area contributed by atoms with Crippen LogP contribution in [0, 0.1) is 5.92 Å². The van der Waals surface area contributed by atoms with Gasteiger partial charge in [-0.3, -0.25) is 19.1 Å². The monoisotopic (exact) mass is 468 g/mol. The van der Waals surface area contributed by atoms with Crippen molar-refractivity contribution in [2.75, 3.05) is 19.6 Å². The lowest BCUT2D eigenvalue weighted by Crippen LogP contribution is -2.40. The van der Waals surface area contributed by atoms with Crippen molar-refractivity contribution in [2.24, 2.45) is 5.92 Å². The molecule has 9 nitrogen and oxygen atoms in total. The maximum Gasteiger partial charge on any atom is 0.272 e. The van der Waals surface area contributed by atoms with Gasteiger partial charge >= 0.3 is 0 Å². The Bertz CT molecular complexity index is 1010. The summed E-state index contributed by atoms with van der Waals surface area (Å²) in [5, 5.41) is 10.9. The Balaban J connectivity index is 1.52. The van der Waals surface area contributed by atoms with Crippen LogP contribution < -0.4 is 10.6 Å². The van der Waals surface area contributed by atoms with Crippen molar-refractivity contribution in [1.29, 1.82) is 0 Å². The Morgan fingerprint density at radius 3 is 2.79 bits per heavy atom. The topological polar surface area (TPSA) is 112 Å². The van der Waals surface area contributed by atoms with Crippen LogP contribution in [0.4, 0.5) is 0 Å². The Morgan fingerprint density at radius 2 is 2.03 bits per heavy atom. The summed E-state index contributed by atoms with van der Waals surface area (Å²) in [7, 11) is 0. The fourth-order valence-electron chi connectivity index (χ4n) is 4.79. The molecule has 9 heteroatoms. The van der Waals surface area contributed by atoms with Gasteiger partial charge in [-0.05, 0) is 56.6 Å². The van der Waals surface area contributed by atoms with Gasteiger partial charge in [-0.15, -0.1) is 0 Å². The number of H-pyrrole nitrogens is 1. The number of aromatic amines is 1. The lowest BCUT2D eigenvalue weighted by atomic mass is 9.91. The number of aromatic nitrogens is 3. The van der Waals surface area contributed by atoms with Crippen LogP contribution in [-0.2, 0) is 24.2 Å².